The minimum atomic E-state index is -4.66. The molecular weight excluding hydrogens is 429 g/mol. The Kier molecular flexibility index (Phi) is 5.76. The lowest BCUT2D eigenvalue weighted by atomic mass is 10.3. The van der Waals surface area contributed by atoms with Gasteiger partial charge < -0.3 is 10.5 Å². The number of ether oxygens (including phenoxy) is 1. The minimum absolute atomic E-state index is 0.108. The number of rotatable bonds is 6. The summed E-state index contributed by atoms with van der Waals surface area (Å²) >= 11 is 1.06. The van der Waals surface area contributed by atoms with Gasteiger partial charge in [-0.3, -0.25) is 0 Å². The van der Waals surface area contributed by atoms with Crippen LogP contribution in [0.4, 0.5) is 19.0 Å². The Morgan fingerprint density at radius 2 is 1.68 bits per heavy atom. The zero-order chi connectivity index (χ0) is 21.8. The molecule has 2 N–H and O–H groups in total. The molecule has 31 heavy (non-hydrogen) atoms. The van der Waals surface area contributed by atoms with Crippen molar-refractivity contribution in [2.75, 3.05) is 5.73 Å². The van der Waals surface area contributed by atoms with Gasteiger partial charge in [-0.2, -0.15) is 13.2 Å². The molecule has 0 saturated heterocycles. The average Bonchev–Trinajstić information content (AvgIpc) is 3.22. The van der Waals surface area contributed by atoms with Crippen LogP contribution in [0.25, 0.3) is 5.69 Å². The van der Waals surface area contributed by atoms with Gasteiger partial charge in [0.2, 0.25) is 5.82 Å². The largest absolute Gasteiger partial charge is 0.457 e. The Bertz CT molecular complexity index is 1170. The standard InChI is InChI=1S/C20H15F3N6OS/c21-20(22,23)19-25-17(24)10-18(26-19)31-12-13-11-29(28-27-13)14-6-8-16(9-7-14)30-15-4-2-1-3-5-15/h1-11H,12H2,(H2,24,25,26). The van der Waals surface area contributed by atoms with Crippen LogP contribution in [0.15, 0.2) is 71.9 Å². The Hall–Kier alpha value is -3.60. The molecule has 0 aliphatic heterocycles. The number of thioether (sulfide) groups is 1. The van der Waals surface area contributed by atoms with E-state index in [1.54, 1.807) is 23.0 Å². The molecule has 7 nitrogen and oxygen atoms in total. The Morgan fingerprint density at radius 1 is 0.968 bits per heavy atom. The van der Waals surface area contributed by atoms with Crippen molar-refractivity contribution in [2.45, 2.75) is 17.0 Å². The van der Waals surface area contributed by atoms with Gasteiger partial charge >= 0.3 is 6.18 Å². The van der Waals surface area contributed by atoms with Crippen molar-refractivity contribution in [3.63, 3.8) is 0 Å². The van der Waals surface area contributed by atoms with Crippen molar-refractivity contribution in [1.82, 2.24) is 25.0 Å². The van der Waals surface area contributed by atoms with Crippen LogP contribution in [0.3, 0.4) is 0 Å². The second kappa shape index (κ2) is 8.64. The van der Waals surface area contributed by atoms with Crippen LogP contribution < -0.4 is 10.5 Å². The number of nitrogens with two attached hydrogens (primary N) is 1. The molecule has 0 radical (unpaired) electrons. The summed E-state index contributed by atoms with van der Waals surface area (Å²) < 4.78 is 45.8. The molecule has 0 spiro atoms. The van der Waals surface area contributed by atoms with E-state index in [0.29, 0.717) is 11.4 Å². The first-order valence-corrected chi connectivity index (χ1v) is 9.94. The van der Waals surface area contributed by atoms with E-state index < -0.39 is 12.0 Å². The van der Waals surface area contributed by atoms with Crippen LogP contribution in [0.2, 0.25) is 0 Å². The van der Waals surface area contributed by atoms with Gasteiger partial charge in [-0.05, 0) is 36.4 Å². The topological polar surface area (TPSA) is 91.7 Å². The highest BCUT2D eigenvalue weighted by Crippen LogP contribution is 2.30. The molecule has 0 unspecified atom stereocenters. The molecule has 0 fully saturated rings. The molecule has 4 aromatic rings. The summed E-state index contributed by atoms with van der Waals surface area (Å²) in [7, 11) is 0. The van der Waals surface area contributed by atoms with Gasteiger partial charge in [0, 0.05) is 11.8 Å². The van der Waals surface area contributed by atoms with Crippen LogP contribution >= 0.6 is 11.8 Å². The van der Waals surface area contributed by atoms with Crippen LogP contribution in [-0.4, -0.2) is 25.0 Å². The molecule has 2 aromatic heterocycles. The van der Waals surface area contributed by atoms with E-state index in [1.165, 1.54) is 6.07 Å². The fraction of sp³-hybridized carbons (Fsp3) is 0.100. The van der Waals surface area contributed by atoms with Gasteiger partial charge in [-0.25, -0.2) is 14.6 Å². The number of nitrogens with zero attached hydrogens (tertiary/aromatic N) is 5. The molecule has 0 bridgehead atoms. The first-order chi connectivity index (χ1) is 14.9. The second-order valence-electron chi connectivity index (χ2n) is 6.30. The van der Waals surface area contributed by atoms with E-state index >= 15 is 0 Å². The molecule has 0 amide bonds. The lowest BCUT2D eigenvalue weighted by molar-refractivity contribution is -0.145. The van der Waals surface area contributed by atoms with E-state index in [1.807, 2.05) is 42.5 Å². The molecule has 4 rings (SSSR count). The summed E-state index contributed by atoms with van der Waals surface area (Å²) in [6, 6.07) is 17.9. The number of aromatic nitrogens is 5. The summed E-state index contributed by atoms with van der Waals surface area (Å²) in [5.74, 6) is 0.160. The van der Waals surface area contributed by atoms with Crippen molar-refractivity contribution in [3.05, 3.63) is 78.4 Å². The number of benzene rings is 2. The molecular formula is C20H15F3N6OS. The van der Waals surface area contributed by atoms with Gasteiger partial charge in [0.1, 0.15) is 22.3 Å². The molecule has 11 heteroatoms. The van der Waals surface area contributed by atoms with Gasteiger partial charge in [-0.15, -0.1) is 5.10 Å². The maximum atomic E-state index is 12.8. The van der Waals surface area contributed by atoms with Crippen molar-refractivity contribution < 1.29 is 17.9 Å². The molecule has 158 valence electrons. The molecule has 2 aromatic carbocycles. The number of hydrogen-bond acceptors (Lipinski definition) is 7. The molecule has 0 aliphatic rings. The molecule has 0 aliphatic carbocycles. The first kappa shape index (κ1) is 20.7. The highest BCUT2D eigenvalue weighted by molar-refractivity contribution is 7.98. The number of nitrogen functional groups attached to an aromatic ring is 1. The number of halogens is 3. The first-order valence-electron chi connectivity index (χ1n) is 8.96. The maximum absolute atomic E-state index is 12.8. The second-order valence-corrected chi connectivity index (χ2v) is 7.30. The van der Waals surface area contributed by atoms with Crippen LogP contribution in [0.1, 0.15) is 11.5 Å². The smallest absolute Gasteiger partial charge is 0.451 e. The summed E-state index contributed by atoms with van der Waals surface area (Å²) in [5.41, 5.74) is 6.79. The predicted molar refractivity (Wildman–Crippen MR) is 109 cm³/mol. The van der Waals surface area contributed by atoms with E-state index in [2.05, 4.69) is 20.3 Å². The molecule has 0 saturated carbocycles. The monoisotopic (exact) mass is 444 g/mol. The third-order valence-corrected chi connectivity index (χ3v) is 4.91. The average molecular weight is 444 g/mol. The lowest BCUT2D eigenvalue weighted by Crippen LogP contribution is -2.12. The normalized spacial score (nSPS) is 11.5. The van der Waals surface area contributed by atoms with E-state index in [9.17, 15) is 13.2 Å². The molecule has 0 atom stereocenters. The fourth-order valence-electron chi connectivity index (χ4n) is 2.57. The van der Waals surface area contributed by atoms with Gasteiger partial charge in [0.15, 0.2) is 0 Å². The van der Waals surface area contributed by atoms with Crippen molar-refractivity contribution in [3.8, 4) is 17.2 Å². The number of hydrogen-bond donors (Lipinski definition) is 1. The van der Waals surface area contributed by atoms with Gasteiger partial charge in [-0.1, -0.05) is 35.2 Å². The summed E-state index contributed by atoms with van der Waals surface area (Å²) in [6.07, 6.45) is -2.97. The minimum Gasteiger partial charge on any atom is -0.457 e. The maximum Gasteiger partial charge on any atom is 0.451 e. The van der Waals surface area contributed by atoms with Gasteiger partial charge in [0.05, 0.1) is 17.6 Å². The van der Waals surface area contributed by atoms with Crippen LogP contribution in [0.5, 0.6) is 11.5 Å². The van der Waals surface area contributed by atoms with Crippen molar-refractivity contribution in [1.29, 1.82) is 0 Å². The third-order valence-electron chi connectivity index (χ3n) is 3.96. The van der Waals surface area contributed by atoms with E-state index in [0.717, 1.165) is 23.2 Å². The van der Waals surface area contributed by atoms with E-state index in [4.69, 9.17) is 10.5 Å². The lowest BCUT2D eigenvalue weighted by Gasteiger charge is -2.07. The number of para-hydroxylation sites is 1. The zero-order valence-corrected chi connectivity index (χ0v) is 16.6. The van der Waals surface area contributed by atoms with E-state index in [-0.39, 0.29) is 16.6 Å². The third kappa shape index (κ3) is 5.31. The number of alkyl halides is 3. The Balaban J connectivity index is 1.41. The fourth-order valence-corrected chi connectivity index (χ4v) is 3.36. The highest BCUT2D eigenvalue weighted by atomic mass is 32.2. The zero-order valence-electron chi connectivity index (χ0n) is 15.8. The van der Waals surface area contributed by atoms with Crippen LogP contribution in [-0.2, 0) is 11.9 Å². The molecule has 2 heterocycles. The predicted octanol–water partition coefficient (Wildman–Crippen LogP) is 4.74. The Morgan fingerprint density at radius 3 is 2.39 bits per heavy atom. The SMILES string of the molecule is Nc1cc(SCc2cn(-c3ccc(Oc4ccccc4)cc3)nn2)nc(C(F)(F)F)n1. The van der Waals surface area contributed by atoms with Gasteiger partial charge in [0.25, 0.3) is 0 Å². The summed E-state index contributed by atoms with van der Waals surface area (Å²) in [4.78, 5) is 6.73. The number of anilines is 1. The highest BCUT2D eigenvalue weighted by Gasteiger charge is 2.35. The van der Waals surface area contributed by atoms with Crippen molar-refractivity contribution >= 4 is 17.6 Å². The Labute approximate surface area is 179 Å². The van der Waals surface area contributed by atoms with Crippen LogP contribution in [0, 0.1) is 0 Å². The quantitative estimate of drug-likeness (QED) is 0.339. The summed E-state index contributed by atoms with van der Waals surface area (Å²) in [5, 5.41) is 8.23. The van der Waals surface area contributed by atoms with Crippen molar-refractivity contribution in [2.24, 2.45) is 0 Å². The summed E-state index contributed by atoms with van der Waals surface area (Å²) in [6.45, 7) is 0.